The summed E-state index contributed by atoms with van der Waals surface area (Å²) in [5.41, 5.74) is 0. The number of nitrogens with zero attached hydrogens (tertiary/aromatic N) is 1. The summed E-state index contributed by atoms with van der Waals surface area (Å²) in [6.07, 6.45) is 0. The molecule has 0 aromatic carbocycles. The van der Waals surface area contributed by atoms with Gasteiger partial charge < -0.3 is 0 Å². The Balaban J connectivity index is 0. The van der Waals surface area contributed by atoms with Crippen LogP contribution in [0.1, 0.15) is 0 Å². The third-order valence-electron chi connectivity index (χ3n) is 0. The van der Waals surface area contributed by atoms with Crippen LogP contribution in [0.2, 0.25) is 0 Å². The first-order valence-corrected chi connectivity index (χ1v) is 0. The van der Waals surface area contributed by atoms with Crippen LogP contribution in [0.5, 0.6) is 0 Å². The number of hydrogen-bond donors (Lipinski definition) is 0. The normalized spacial score (nSPS) is 0. The van der Waals surface area contributed by atoms with Gasteiger partial charge in [-0.2, -0.15) is 0 Å². The van der Waals surface area contributed by atoms with Crippen molar-refractivity contribution in [3.63, 3.8) is 0 Å². The van der Waals surface area contributed by atoms with E-state index in [2.05, 4.69) is 0 Å². The zero-order valence-electron chi connectivity index (χ0n) is 1.71. The summed E-state index contributed by atoms with van der Waals surface area (Å²) in [4.78, 5) is 0. The predicted molar refractivity (Wildman–Crippen MR) is 2.13 cm³/mol. The van der Waals surface area contributed by atoms with Crippen LogP contribution < -0.4 is 6.15 Å². The van der Waals surface area contributed by atoms with Crippen molar-refractivity contribution in [1.82, 2.24) is 6.15 Å². The Morgan fingerprint density at radius 3 is 1.00 bits per heavy atom. The Morgan fingerprint density at radius 1 is 1.00 bits per heavy atom. The summed E-state index contributed by atoms with van der Waals surface area (Å²) in [5.74, 6) is 0. The molecule has 0 heterocycles. The fourth-order valence-corrected chi connectivity index (χ4v) is 0. The molecule has 4 heteroatoms. The van der Waals surface area contributed by atoms with Crippen molar-refractivity contribution in [2.45, 2.75) is 0 Å². The van der Waals surface area contributed by atoms with E-state index < -0.39 is 0 Å². The zero-order valence-corrected chi connectivity index (χ0v) is 8.05. The van der Waals surface area contributed by atoms with E-state index >= 15 is 0 Å². The zero-order chi connectivity index (χ0) is 0. The first-order valence-electron chi connectivity index (χ1n) is 0. The molecule has 0 bridgehead atoms. The predicted octanol–water partition coefficient (Wildman–Crippen LogP) is -0.488. The van der Waals surface area contributed by atoms with Crippen LogP contribution in [0, 0.1) is 0 Å². The average Bonchev–Trinajstić information content (AvgIpc) is 0. The van der Waals surface area contributed by atoms with Crippen LogP contribution in [0.25, 0.3) is 0 Å². The molecule has 0 saturated carbocycles. The summed E-state index contributed by atoms with van der Waals surface area (Å²) < 4.78 is 0. The van der Waals surface area contributed by atoms with Crippen LogP contribution in [0.15, 0.2) is 0 Å². The molecule has 0 N–H and O–H groups in total. The SMILES string of the molecule is [Mo].[N].[V].[W]. The summed E-state index contributed by atoms with van der Waals surface area (Å²) >= 11 is 0. The molecule has 4 heavy (non-hydrogen) atoms. The molecular weight excluding hydrogens is 345 g/mol. The summed E-state index contributed by atoms with van der Waals surface area (Å²) in [7, 11) is 0. The molecular formula is MoNVW. The second kappa shape index (κ2) is 20.5. The van der Waals surface area contributed by atoms with E-state index in [1.54, 1.807) is 0 Å². The van der Waals surface area contributed by atoms with Gasteiger partial charge in [-0.25, -0.2) is 0 Å². The molecule has 0 spiro atoms. The monoisotopic (exact) mass is 347 g/mol. The second-order valence-electron chi connectivity index (χ2n) is 0. The van der Waals surface area contributed by atoms with Crippen LogP contribution in [-0.2, 0) is 60.7 Å². The van der Waals surface area contributed by atoms with Crippen LogP contribution in [0.4, 0.5) is 0 Å². The van der Waals surface area contributed by atoms with E-state index in [9.17, 15) is 0 Å². The Bertz CT molecular complexity index is 8.00. The Kier molecular flexibility index (Phi) is 199. The molecule has 0 aliphatic heterocycles. The molecule has 22 valence electrons. The average molecular weight is 345 g/mol. The molecule has 0 fully saturated rings. The van der Waals surface area contributed by atoms with Crippen molar-refractivity contribution >= 4 is 0 Å². The smallest absolute Gasteiger partial charge is 0 e. The minimum Gasteiger partial charge on any atom is 0 e. The molecule has 0 unspecified atom stereocenters. The van der Waals surface area contributed by atoms with Crippen molar-refractivity contribution in [2.24, 2.45) is 0 Å². The van der Waals surface area contributed by atoms with Gasteiger partial charge in [-0.3, -0.25) is 0 Å². The summed E-state index contributed by atoms with van der Waals surface area (Å²) in [6.45, 7) is 0. The third-order valence-corrected chi connectivity index (χ3v) is 0. The number of hydrogen-bond acceptors (Lipinski definition) is 0. The number of rotatable bonds is 0. The van der Waals surface area contributed by atoms with Gasteiger partial charge in [-0.1, -0.05) is 0 Å². The Hall–Kier alpha value is 1.92. The first kappa shape index (κ1) is 38.9. The first-order chi connectivity index (χ1) is 0. The topological polar surface area (TPSA) is 30.5 Å². The molecule has 4 radical (unpaired) electrons. The van der Waals surface area contributed by atoms with Gasteiger partial charge in [0.05, 0.1) is 0 Å². The van der Waals surface area contributed by atoms with Crippen molar-refractivity contribution in [3.05, 3.63) is 0 Å². The minimum atomic E-state index is 0. The van der Waals surface area contributed by atoms with Crippen molar-refractivity contribution < 1.29 is 60.7 Å². The van der Waals surface area contributed by atoms with E-state index in [0.717, 1.165) is 0 Å². The van der Waals surface area contributed by atoms with Crippen molar-refractivity contribution in [3.8, 4) is 0 Å². The largest absolute Gasteiger partial charge is 0 e. The third kappa shape index (κ3) is 9.07. The van der Waals surface area contributed by atoms with Gasteiger partial charge >= 0.3 is 0 Å². The van der Waals surface area contributed by atoms with E-state index in [1.165, 1.54) is 0 Å². The van der Waals surface area contributed by atoms with Gasteiger partial charge in [0.2, 0.25) is 0 Å². The molecule has 0 aromatic rings. The van der Waals surface area contributed by atoms with Crippen LogP contribution >= 0.6 is 0 Å². The molecule has 0 aliphatic rings. The Morgan fingerprint density at radius 2 is 1.00 bits per heavy atom. The molecule has 0 aromatic heterocycles. The van der Waals surface area contributed by atoms with E-state index in [4.69, 9.17) is 0 Å². The van der Waals surface area contributed by atoms with Gasteiger partial charge in [-0.15, -0.1) is 0 Å². The van der Waals surface area contributed by atoms with Crippen LogP contribution in [-0.4, -0.2) is 0 Å². The van der Waals surface area contributed by atoms with E-state index in [1.807, 2.05) is 0 Å². The van der Waals surface area contributed by atoms with Crippen molar-refractivity contribution in [2.75, 3.05) is 0 Å². The van der Waals surface area contributed by atoms with Crippen molar-refractivity contribution in [1.29, 1.82) is 0 Å². The minimum absolute atomic E-state index is 0. The molecule has 0 aliphatic carbocycles. The fraction of sp³-hybridized carbons (Fsp3) is 0. The van der Waals surface area contributed by atoms with Gasteiger partial charge in [-0.05, 0) is 0 Å². The fourth-order valence-electron chi connectivity index (χ4n) is 0. The van der Waals surface area contributed by atoms with Gasteiger partial charge in [0.15, 0.2) is 0 Å². The van der Waals surface area contributed by atoms with E-state index in [-0.39, 0.29) is 66.8 Å². The maximum absolute atomic E-state index is 0. The summed E-state index contributed by atoms with van der Waals surface area (Å²) in [6, 6.07) is 0. The van der Waals surface area contributed by atoms with Gasteiger partial charge in [0.25, 0.3) is 0 Å². The Labute approximate surface area is 66.3 Å². The molecule has 0 rings (SSSR count). The van der Waals surface area contributed by atoms with Gasteiger partial charge in [0, 0.05) is 66.8 Å². The van der Waals surface area contributed by atoms with E-state index in [0.29, 0.717) is 0 Å². The quantitative estimate of drug-likeness (QED) is 0.531. The standard InChI is InChI=1S/Mo.N.V.W. The van der Waals surface area contributed by atoms with Gasteiger partial charge in [0.1, 0.15) is 0 Å². The maximum atomic E-state index is 0. The van der Waals surface area contributed by atoms with Crippen LogP contribution in [0.3, 0.4) is 0 Å². The molecule has 1 nitrogen and oxygen atoms in total. The summed E-state index contributed by atoms with van der Waals surface area (Å²) in [5, 5.41) is 0. The maximum Gasteiger partial charge on any atom is 0 e. The molecule has 0 amide bonds. The molecule has 0 saturated heterocycles. The molecule has 0 atom stereocenters. The second-order valence-corrected chi connectivity index (χ2v) is 0.